The van der Waals surface area contributed by atoms with Gasteiger partial charge >= 0.3 is 0 Å². The van der Waals surface area contributed by atoms with Crippen LogP contribution >= 0.6 is 0 Å². The summed E-state index contributed by atoms with van der Waals surface area (Å²) in [4.78, 5) is 30.3. The molecule has 1 amide bonds. The standard InChI is InChI=1S/C26H27N5O2/c1-4-16-5-7-17(8-6-16)22-19(15-27)24(28)31(30-25(33)18-9-11-29-12-10-18)20-13-26(2,3)14-21(32)23(20)22/h5-12,22H,4,13-14,28H2,1-3H3,(H,30,33). The molecule has 0 saturated heterocycles. The van der Waals surface area contributed by atoms with E-state index in [4.69, 9.17) is 5.73 Å². The maximum absolute atomic E-state index is 13.4. The van der Waals surface area contributed by atoms with E-state index in [-0.39, 0.29) is 22.6 Å². The smallest absolute Gasteiger partial charge is 0.270 e. The fourth-order valence-electron chi connectivity index (χ4n) is 4.59. The number of aryl methyl sites for hydroxylation is 1. The number of ketones is 1. The van der Waals surface area contributed by atoms with Gasteiger partial charge in [0, 0.05) is 30.0 Å². The fourth-order valence-corrected chi connectivity index (χ4v) is 4.59. The summed E-state index contributed by atoms with van der Waals surface area (Å²) in [5.41, 5.74) is 12.8. The summed E-state index contributed by atoms with van der Waals surface area (Å²) in [7, 11) is 0. The molecule has 1 aliphatic carbocycles. The average molecular weight is 442 g/mol. The molecule has 4 rings (SSSR count). The van der Waals surface area contributed by atoms with Gasteiger partial charge in [0.05, 0.1) is 23.3 Å². The zero-order valence-corrected chi connectivity index (χ0v) is 19.1. The maximum Gasteiger partial charge on any atom is 0.270 e. The van der Waals surface area contributed by atoms with Crippen LogP contribution in [0.25, 0.3) is 0 Å². The first-order valence-electron chi connectivity index (χ1n) is 11.0. The monoisotopic (exact) mass is 441 g/mol. The molecule has 0 bridgehead atoms. The van der Waals surface area contributed by atoms with E-state index >= 15 is 0 Å². The Bertz CT molecular complexity index is 1200. The van der Waals surface area contributed by atoms with Crippen molar-refractivity contribution in [1.82, 2.24) is 15.4 Å². The lowest BCUT2D eigenvalue weighted by Crippen LogP contribution is -2.49. The Morgan fingerprint density at radius 2 is 1.88 bits per heavy atom. The highest BCUT2D eigenvalue weighted by Gasteiger charge is 2.44. The highest BCUT2D eigenvalue weighted by molar-refractivity contribution is 6.00. The van der Waals surface area contributed by atoms with Gasteiger partial charge in [-0.2, -0.15) is 5.26 Å². The Balaban J connectivity index is 1.85. The van der Waals surface area contributed by atoms with Crippen molar-refractivity contribution in [3.63, 3.8) is 0 Å². The van der Waals surface area contributed by atoms with E-state index in [9.17, 15) is 14.9 Å². The van der Waals surface area contributed by atoms with Gasteiger partial charge in [-0.3, -0.25) is 20.0 Å². The summed E-state index contributed by atoms with van der Waals surface area (Å²) in [5.74, 6) is -0.859. The number of pyridine rings is 1. The minimum Gasteiger partial charge on any atom is -0.383 e. The van der Waals surface area contributed by atoms with Crippen molar-refractivity contribution >= 4 is 11.7 Å². The molecule has 0 radical (unpaired) electrons. The zero-order valence-electron chi connectivity index (χ0n) is 19.1. The van der Waals surface area contributed by atoms with E-state index < -0.39 is 11.8 Å². The first-order valence-corrected chi connectivity index (χ1v) is 11.0. The Morgan fingerprint density at radius 1 is 1.21 bits per heavy atom. The lowest BCUT2D eigenvalue weighted by Gasteiger charge is -2.43. The summed E-state index contributed by atoms with van der Waals surface area (Å²) in [6.45, 7) is 6.11. The number of nitrogens with zero attached hydrogens (tertiary/aromatic N) is 3. The van der Waals surface area contributed by atoms with E-state index in [0.29, 0.717) is 29.7 Å². The lowest BCUT2D eigenvalue weighted by molar-refractivity contribution is -0.118. The fraction of sp³-hybridized carbons (Fsp3) is 0.308. The number of aromatic nitrogens is 1. The highest BCUT2D eigenvalue weighted by Crippen LogP contribution is 2.48. The Labute approximate surface area is 193 Å². The summed E-state index contributed by atoms with van der Waals surface area (Å²) >= 11 is 0. The Hall–Kier alpha value is -3.92. The van der Waals surface area contributed by atoms with Crippen molar-refractivity contribution < 1.29 is 9.59 Å². The van der Waals surface area contributed by atoms with Crippen molar-refractivity contribution in [1.29, 1.82) is 5.26 Å². The molecule has 168 valence electrons. The molecular formula is C26H27N5O2. The third-order valence-corrected chi connectivity index (χ3v) is 6.26. The Kier molecular flexibility index (Phi) is 5.77. The van der Waals surface area contributed by atoms with E-state index in [1.807, 2.05) is 38.1 Å². The lowest BCUT2D eigenvalue weighted by atomic mass is 9.69. The molecule has 2 aromatic rings. The summed E-state index contributed by atoms with van der Waals surface area (Å²) < 4.78 is 0. The van der Waals surface area contributed by atoms with Crippen LogP contribution in [0.2, 0.25) is 0 Å². The van der Waals surface area contributed by atoms with Crippen LogP contribution in [0.4, 0.5) is 0 Å². The predicted molar refractivity (Wildman–Crippen MR) is 124 cm³/mol. The quantitative estimate of drug-likeness (QED) is 0.748. The van der Waals surface area contributed by atoms with Crippen LogP contribution in [0.15, 0.2) is 71.5 Å². The number of carbonyl (C=O) groups is 2. The van der Waals surface area contributed by atoms with Crippen molar-refractivity contribution in [2.24, 2.45) is 11.1 Å². The van der Waals surface area contributed by atoms with Crippen molar-refractivity contribution in [3.05, 3.63) is 88.1 Å². The number of nitrogens with one attached hydrogen (secondary N) is 1. The summed E-state index contributed by atoms with van der Waals surface area (Å²) in [5, 5.41) is 11.5. The molecule has 3 N–H and O–H groups in total. The van der Waals surface area contributed by atoms with Crippen LogP contribution in [0.5, 0.6) is 0 Å². The molecule has 1 aromatic carbocycles. The van der Waals surface area contributed by atoms with Gasteiger partial charge in [0.1, 0.15) is 5.82 Å². The maximum atomic E-state index is 13.4. The minimum absolute atomic E-state index is 0.0331. The number of allylic oxidation sites excluding steroid dienone is 3. The number of rotatable bonds is 4. The largest absolute Gasteiger partial charge is 0.383 e. The van der Waals surface area contributed by atoms with Crippen LogP contribution < -0.4 is 11.2 Å². The predicted octanol–water partition coefficient (Wildman–Crippen LogP) is 3.73. The molecule has 1 unspecified atom stereocenters. The Morgan fingerprint density at radius 3 is 2.48 bits per heavy atom. The first-order chi connectivity index (χ1) is 15.8. The molecule has 0 spiro atoms. The van der Waals surface area contributed by atoms with Crippen molar-refractivity contribution in [2.45, 2.75) is 46.0 Å². The molecular weight excluding hydrogens is 414 g/mol. The molecule has 0 fully saturated rings. The van der Waals surface area contributed by atoms with Gasteiger partial charge in [-0.15, -0.1) is 0 Å². The van der Waals surface area contributed by atoms with Gasteiger partial charge in [0.2, 0.25) is 0 Å². The molecule has 33 heavy (non-hydrogen) atoms. The van der Waals surface area contributed by atoms with Gasteiger partial charge in [0.25, 0.3) is 5.91 Å². The number of hydrogen-bond acceptors (Lipinski definition) is 6. The van der Waals surface area contributed by atoms with Crippen LogP contribution in [0, 0.1) is 16.7 Å². The molecule has 2 aliphatic rings. The number of hydrazine groups is 1. The number of nitriles is 1. The van der Waals surface area contributed by atoms with Crippen LogP contribution in [0.1, 0.15) is 61.0 Å². The number of benzene rings is 1. The molecule has 7 nitrogen and oxygen atoms in total. The molecule has 1 aliphatic heterocycles. The van der Waals surface area contributed by atoms with Crippen molar-refractivity contribution in [3.8, 4) is 6.07 Å². The summed E-state index contributed by atoms with van der Waals surface area (Å²) in [6.07, 6.45) is 4.84. The molecule has 7 heteroatoms. The zero-order chi connectivity index (χ0) is 23.8. The van der Waals surface area contributed by atoms with E-state index in [1.54, 1.807) is 12.1 Å². The van der Waals surface area contributed by atoms with Crippen LogP contribution in [-0.4, -0.2) is 21.7 Å². The SMILES string of the molecule is CCc1ccc(C2C(C#N)=C(N)N(NC(=O)c3ccncc3)C3=C2C(=O)CC(C)(C)C3)cc1. The third-order valence-electron chi connectivity index (χ3n) is 6.26. The topological polar surface area (TPSA) is 112 Å². The number of amides is 1. The highest BCUT2D eigenvalue weighted by atomic mass is 16.2. The van der Waals surface area contributed by atoms with Gasteiger partial charge in [-0.25, -0.2) is 5.01 Å². The normalized spacial score (nSPS) is 19.8. The number of Topliss-reactive ketones (excluding diaryl/α,β-unsaturated/α-hetero) is 1. The minimum atomic E-state index is -0.561. The first kappa shape index (κ1) is 22.3. The average Bonchev–Trinajstić information content (AvgIpc) is 2.80. The second-order valence-electron chi connectivity index (χ2n) is 9.25. The number of nitrogens with two attached hydrogens (primary N) is 1. The van der Waals surface area contributed by atoms with Crippen LogP contribution in [0.3, 0.4) is 0 Å². The molecule has 1 atom stereocenters. The molecule has 1 aromatic heterocycles. The van der Waals surface area contributed by atoms with E-state index in [2.05, 4.69) is 23.4 Å². The third kappa shape index (κ3) is 4.12. The second-order valence-corrected chi connectivity index (χ2v) is 9.25. The molecule has 0 saturated carbocycles. The number of carbonyl (C=O) groups excluding carboxylic acids is 2. The van der Waals surface area contributed by atoms with Gasteiger partial charge in [0.15, 0.2) is 5.78 Å². The second kappa shape index (κ2) is 8.55. The van der Waals surface area contributed by atoms with Gasteiger partial charge in [-0.1, -0.05) is 45.0 Å². The summed E-state index contributed by atoms with van der Waals surface area (Å²) in [6, 6.07) is 13.3. The molecule has 2 heterocycles. The van der Waals surface area contributed by atoms with Crippen molar-refractivity contribution in [2.75, 3.05) is 0 Å². The van der Waals surface area contributed by atoms with Gasteiger partial charge in [-0.05, 0) is 41.5 Å². The van der Waals surface area contributed by atoms with Gasteiger partial charge < -0.3 is 5.73 Å². The van der Waals surface area contributed by atoms with Crippen LogP contribution in [-0.2, 0) is 11.2 Å². The number of hydrogen-bond donors (Lipinski definition) is 2. The van der Waals surface area contributed by atoms with E-state index in [0.717, 1.165) is 12.0 Å². The van der Waals surface area contributed by atoms with E-state index in [1.165, 1.54) is 23.0 Å².